The van der Waals surface area contributed by atoms with Crippen molar-refractivity contribution in [1.82, 2.24) is 19.8 Å². The number of fused-ring (bicyclic) bond motifs is 2. The average Bonchev–Trinajstić information content (AvgIpc) is 3.64. The molecule has 2 aliphatic rings. The molecule has 44 heavy (non-hydrogen) atoms. The van der Waals surface area contributed by atoms with Crippen molar-refractivity contribution in [1.29, 1.82) is 0 Å². The van der Waals surface area contributed by atoms with Gasteiger partial charge in [0, 0.05) is 61.2 Å². The first-order chi connectivity index (χ1) is 21.0. The molecule has 10 nitrogen and oxygen atoms in total. The number of nitrogens with one attached hydrogen (secondary N) is 2. The minimum atomic E-state index is -0.432. The second-order valence-electron chi connectivity index (χ2n) is 11.7. The molecule has 6 rings (SSSR count). The molecule has 4 heterocycles. The van der Waals surface area contributed by atoms with Gasteiger partial charge in [0.25, 0.3) is 11.8 Å². The smallest absolute Gasteiger partial charge is 0.250 e. The Balaban J connectivity index is 0.000000175. The van der Waals surface area contributed by atoms with E-state index in [1.807, 2.05) is 36.7 Å². The number of carbonyl (C=O) groups is 4. The van der Waals surface area contributed by atoms with Gasteiger partial charge in [-0.3, -0.25) is 19.2 Å². The van der Waals surface area contributed by atoms with Crippen molar-refractivity contribution >= 4 is 45.4 Å². The molecule has 0 spiro atoms. The molecular formula is C34H38N6O4. The fourth-order valence-electron chi connectivity index (χ4n) is 6.35. The summed E-state index contributed by atoms with van der Waals surface area (Å²) in [7, 11) is 0. The summed E-state index contributed by atoms with van der Waals surface area (Å²) in [5.74, 6) is 0.542. The number of hydrogen-bond acceptors (Lipinski definition) is 4. The molecule has 2 atom stereocenters. The maximum Gasteiger partial charge on any atom is 0.250 e. The summed E-state index contributed by atoms with van der Waals surface area (Å²) >= 11 is 0. The SMILES string of the molecule is C=CC(=O)N1CC([C@@H](C)c2ccc(C(N)=O)c3[nH]ccc23)C1.C=CC(=O)N1CC([C@H](C)c2ccc(C(N)=O)c3[nH]ccc23)C1. The molecule has 4 amide bonds. The summed E-state index contributed by atoms with van der Waals surface area (Å²) in [5, 5.41) is 2.05. The lowest BCUT2D eigenvalue weighted by molar-refractivity contribution is -0.133. The van der Waals surface area contributed by atoms with Gasteiger partial charge in [-0.25, -0.2) is 0 Å². The summed E-state index contributed by atoms with van der Waals surface area (Å²) in [6, 6.07) is 11.4. The number of rotatable bonds is 8. The molecule has 228 valence electrons. The summed E-state index contributed by atoms with van der Waals surface area (Å²) in [4.78, 5) is 55.9. The predicted molar refractivity (Wildman–Crippen MR) is 171 cm³/mol. The molecule has 0 unspecified atom stereocenters. The van der Waals surface area contributed by atoms with E-state index >= 15 is 0 Å². The molecule has 0 aliphatic carbocycles. The molecule has 2 aromatic carbocycles. The minimum Gasteiger partial charge on any atom is -0.366 e. The number of aromatic amines is 2. The maximum atomic E-state index is 11.5. The van der Waals surface area contributed by atoms with Crippen molar-refractivity contribution in [2.75, 3.05) is 26.2 Å². The van der Waals surface area contributed by atoms with Gasteiger partial charge in [0.15, 0.2) is 0 Å². The van der Waals surface area contributed by atoms with Crippen LogP contribution in [0.2, 0.25) is 0 Å². The molecule has 0 bridgehead atoms. The monoisotopic (exact) mass is 594 g/mol. The van der Waals surface area contributed by atoms with Gasteiger partial charge in [0.2, 0.25) is 11.8 Å². The summed E-state index contributed by atoms with van der Waals surface area (Å²) in [6.45, 7) is 14.3. The highest BCUT2D eigenvalue weighted by Crippen LogP contribution is 2.37. The van der Waals surface area contributed by atoms with Crippen LogP contribution < -0.4 is 11.5 Å². The summed E-state index contributed by atoms with van der Waals surface area (Å²) in [5.41, 5.74) is 15.8. The van der Waals surface area contributed by atoms with Crippen LogP contribution in [0.1, 0.15) is 57.5 Å². The quantitative estimate of drug-likeness (QED) is 0.227. The zero-order chi connectivity index (χ0) is 31.7. The molecule has 10 heteroatoms. The number of nitrogens with two attached hydrogens (primary N) is 2. The molecule has 2 saturated heterocycles. The van der Waals surface area contributed by atoms with E-state index in [1.54, 1.807) is 21.9 Å². The molecule has 4 aromatic rings. The van der Waals surface area contributed by atoms with E-state index < -0.39 is 11.8 Å². The van der Waals surface area contributed by atoms with E-state index in [0.29, 0.717) is 34.8 Å². The third-order valence-electron chi connectivity index (χ3n) is 9.23. The number of H-pyrrole nitrogens is 2. The second kappa shape index (κ2) is 12.2. The van der Waals surface area contributed by atoms with Gasteiger partial charge in [0.05, 0.1) is 22.2 Å². The van der Waals surface area contributed by atoms with Crippen LogP contribution >= 0.6 is 0 Å². The van der Waals surface area contributed by atoms with Crippen LogP contribution in [0.5, 0.6) is 0 Å². The number of nitrogens with zero attached hydrogens (tertiary/aromatic N) is 2. The Morgan fingerprint density at radius 2 is 1.07 bits per heavy atom. The van der Waals surface area contributed by atoms with E-state index in [-0.39, 0.29) is 11.8 Å². The largest absolute Gasteiger partial charge is 0.366 e. The lowest BCUT2D eigenvalue weighted by Crippen LogP contribution is -2.51. The molecular weight excluding hydrogens is 556 g/mol. The number of benzene rings is 2. The van der Waals surface area contributed by atoms with Crippen LogP contribution in [-0.2, 0) is 9.59 Å². The van der Waals surface area contributed by atoms with Crippen molar-refractivity contribution in [3.63, 3.8) is 0 Å². The normalized spacial score (nSPS) is 16.3. The Hall–Kier alpha value is -5.12. The van der Waals surface area contributed by atoms with Crippen LogP contribution in [0.3, 0.4) is 0 Å². The third kappa shape index (κ3) is 5.50. The van der Waals surface area contributed by atoms with Crippen LogP contribution in [0, 0.1) is 11.8 Å². The molecule has 2 aromatic heterocycles. The predicted octanol–water partition coefficient (Wildman–Crippen LogP) is 4.03. The van der Waals surface area contributed by atoms with Gasteiger partial charge < -0.3 is 31.2 Å². The Kier molecular flexibility index (Phi) is 8.44. The van der Waals surface area contributed by atoms with E-state index in [9.17, 15) is 19.2 Å². The lowest BCUT2D eigenvalue weighted by atomic mass is 9.80. The second-order valence-corrected chi connectivity index (χ2v) is 11.7. The Morgan fingerprint density at radius 3 is 1.39 bits per heavy atom. The van der Waals surface area contributed by atoms with Gasteiger partial charge in [-0.2, -0.15) is 0 Å². The third-order valence-corrected chi connectivity index (χ3v) is 9.23. The lowest BCUT2D eigenvalue weighted by Gasteiger charge is -2.42. The van der Waals surface area contributed by atoms with Crippen LogP contribution in [0.25, 0.3) is 21.8 Å². The van der Waals surface area contributed by atoms with E-state index in [1.165, 1.54) is 23.3 Å². The fraction of sp³-hybridized carbons (Fsp3) is 0.294. The minimum absolute atomic E-state index is 0.0145. The fourth-order valence-corrected chi connectivity index (χ4v) is 6.35. The number of aromatic nitrogens is 2. The van der Waals surface area contributed by atoms with Crippen LogP contribution in [0.15, 0.2) is 74.1 Å². The number of hydrogen-bond donors (Lipinski definition) is 4. The number of primary amides is 2. The van der Waals surface area contributed by atoms with Gasteiger partial charge >= 0.3 is 0 Å². The molecule has 0 radical (unpaired) electrons. The molecule has 6 N–H and O–H groups in total. The molecule has 0 saturated carbocycles. The molecule has 2 aliphatic heterocycles. The standard InChI is InChI=1S/2C17H19N3O2/c2*1-3-15(21)20-8-11(9-20)10(2)12-4-5-14(17(18)22)16-13(12)6-7-19-16/h2*3-7,10-11,19H,1,8-9H2,2H3,(H2,18,22)/t2*10-/m10/s1. The average molecular weight is 595 g/mol. The number of amides is 4. The number of likely N-dealkylation sites (tertiary alicyclic amines) is 2. The van der Waals surface area contributed by atoms with Gasteiger partial charge in [-0.15, -0.1) is 0 Å². The maximum absolute atomic E-state index is 11.5. The first-order valence-electron chi connectivity index (χ1n) is 14.7. The van der Waals surface area contributed by atoms with Crippen molar-refractivity contribution in [2.24, 2.45) is 23.3 Å². The zero-order valence-electron chi connectivity index (χ0n) is 25.0. The van der Waals surface area contributed by atoms with Crippen molar-refractivity contribution in [3.05, 3.63) is 96.4 Å². The molecule has 2 fully saturated rings. The first kappa shape index (κ1) is 30.3. The topological polar surface area (TPSA) is 158 Å². The highest BCUT2D eigenvalue weighted by atomic mass is 16.2. The number of carbonyl (C=O) groups excluding carboxylic acids is 4. The van der Waals surface area contributed by atoms with E-state index in [4.69, 9.17) is 11.5 Å². The highest BCUT2D eigenvalue weighted by molar-refractivity contribution is 6.06. The highest BCUT2D eigenvalue weighted by Gasteiger charge is 2.35. The Morgan fingerprint density at radius 1 is 0.705 bits per heavy atom. The first-order valence-corrected chi connectivity index (χ1v) is 14.7. The van der Waals surface area contributed by atoms with E-state index in [0.717, 1.165) is 48.0 Å². The van der Waals surface area contributed by atoms with Gasteiger partial charge in [0.1, 0.15) is 0 Å². The van der Waals surface area contributed by atoms with Crippen LogP contribution in [-0.4, -0.2) is 69.6 Å². The van der Waals surface area contributed by atoms with Crippen molar-refractivity contribution in [2.45, 2.75) is 25.7 Å². The Labute approximate surface area is 255 Å². The zero-order valence-corrected chi connectivity index (χ0v) is 25.0. The van der Waals surface area contributed by atoms with Crippen LogP contribution in [0.4, 0.5) is 0 Å². The Bertz CT molecular complexity index is 1640. The van der Waals surface area contributed by atoms with Crippen molar-refractivity contribution in [3.8, 4) is 0 Å². The summed E-state index contributed by atoms with van der Waals surface area (Å²) < 4.78 is 0. The van der Waals surface area contributed by atoms with Gasteiger partial charge in [-0.1, -0.05) is 39.1 Å². The van der Waals surface area contributed by atoms with E-state index in [2.05, 4.69) is 37.0 Å². The summed E-state index contributed by atoms with van der Waals surface area (Å²) in [6.07, 6.45) is 6.35. The van der Waals surface area contributed by atoms with Crippen molar-refractivity contribution < 1.29 is 19.2 Å². The van der Waals surface area contributed by atoms with Gasteiger partial charge in [-0.05, 0) is 59.4 Å².